The second-order valence-electron chi connectivity index (χ2n) is 6.36. The summed E-state index contributed by atoms with van der Waals surface area (Å²) in [7, 11) is 0. The van der Waals surface area contributed by atoms with Crippen LogP contribution in [0.25, 0.3) is 0 Å². The largest absolute Gasteiger partial charge is 0.486 e. The second-order valence-corrected chi connectivity index (χ2v) is 7.22. The zero-order valence-corrected chi connectivity index (χ0v) is 16.3. The van der Waals surface area contributed by atoms with Crippen LogP contribution in [0.5, 0.6) is 11.5 Å². The summed E-state index contributed by atoms with van der Waals surface area (Å²) in [6, 6.07) is 3.60. The van der Waals surface area contributed by atoms with Crippen LogP contribution in [0, 0.1) is 0 Å². The Bertz CT molecular complexity index is 619. The number of urea groups is 1. The zero-order valence-electron chi connectivity index (χ0n) is 14.7. The van der Waals surface area contributed by atoms with Crippen LogP contribution in [0.4, 0.5) is 4.79 Å². The molecule has 1 aromatic carbocycles. The lowest BCUT2D eigenvalue weighted by Crippen LogP contribution is -2.44. The van der Waals surface area contributed by atoms with Gasteiger partial charge in [-0.1, -0.05) is 15.9 Å². The van der Waals surface area contributed by atoms with Gasteiger partial charge in [-0.3, -0.25) is 0 Å². The van der Waals surface area contributed by atoms with E-state index in [1.54, 1.807) is 4.90 Å². The van der Waals surface area contributed by atoms with Crippen LogP contribution in [-0.2, 0) is 4.74 Å². The number of amides is 2. The standard InChI is InChI=1S/C18H25BrN2O4/c1-3-21(11-13-5-4-6-23-13)18(22)20-12(2)14-9-16-17(10-15(14)19)25-8-7-24-16/h9-10,12-13H,3-8,11H2,1-2H3,(H,20,22). The number of halogens is 1. The van der Waals surface area contributed by atoms with Gasteiger partial charge in [0.2, 0.25) is 0 Å². The zero-order chi connectivity index (χ0) is 17.8. The van der Waals surface area contributed by atoms with E-state index in [0.29, 0.717) is 26.3 Å². The van der Waals surface area contributed by atoms with Crippen LogP contribution in [-0.4, -0.2) is 49.9 Å². The molecule has 2 unspecified atom stereocenters. The molecule has 3 rings (SSSR count). The Balaban J connectivity index is 1.66. The number of carbonyl (C=O) groups is 1. The molecule has 6 nitrogen and oxygen atoms in total. The van der Waals surface area contributed by atoms with Gasteiger partial charge in [-0.15, -0.1) is 0 Å². The lowest BCUT2D eigenvalue weighted by molar-refractivity contribution is 0.0822. The van der Waals surface area contributed by atoms with E-state index in [1.807, 2.05) is 26.0 Å². The minimum Gasteiger partial charge on any atom is -0.486 e. The van der Waals surface area contributed by atoms with Crippen LogP contribution in [0.15, 0.2) is 16.6 Å². The first-order valence-corrected chi connectivity index (χ1v) is 9.64. The van der Waals surface area contributed by atoms with Gasteiger partial charge in [0.25, 0.3) is 0 Å². The van der Waals surface area contributed by atoms with Crippen molar-refractivity contribution in [2.45, 2.75) is 38.8 Å². The smallest absolute Gasteiger partial charge is 0.317 e. The molecule has 2 heterocycles. The van der Waals surface area contributed by atoms with Gasteiger partial charge >= 0.3 is 6.03 Å². The molecule has 0 bridgehead atoms. The molecule has 2 amide bonds. The van der Waals surface area contributed by atoms with Gasteiger partial charge < -0.3 is 24.4 Å². The highest BCUT2D eigenvalue weighted by molar-refractivity contribution is 9.10. The molecule has 25 heavy (non-hydrogen) atoms. The fraction of sp³-hybridized carbons (Fsp3) is 0.611. The highest BCUT2D eigenvalue weighted by atomic mass is 79.9. The lowest BCUT2D eigenvalue weighted by Gasteiger charge is -2.27. The fourth-order valence-electron chi connectivity index (χ4n) is 3.16. The molecule has 0 radical (unpaired) electrons. The van der Waals surface area contributed by atoms with Gasteiger partial charge in [-0.25, -0.2) is 4.79 Å². The Morgan fingerprint density at radius 1 is 1.32 bits per heavy atom. The number of likely N-dealkylation sites (N-methyl/N-ethyl adjacent to an activating group) is 1. The number of nitrogens with one attached hydrogen (secondary N) is 1. The van der Waals surface area contributed by atoms with E-state index in [2.05, 4.69) is 21.2 Å². The summed E-state index contributed by atoms with van der Waals surface area (Å²) in [5.74, 6) is 1.45. The average molecular weight is 413 g/mol. The highest BCUT2D eigenvalue weighted by Crippen LogP contribution is 2.37. The molecule has 1 N–H and O–H groups in total. The van der Waals surface area contributed by atoms with E-state index in [4.69, 9.17) is 14.2 Å². The first-order chi connectivity index (χ1) is 12.1. The van der Waals surface area contributed by atoms with E-state index >= 15 is 0 Å². The van der Waals surface area contributed by atoms with E-state index < -0.39 is 0 Å². The molecule has 2 aliphatic heterocycles. The molecule has 0 aliphatic carbocycles. The van der Waals surface area contributed by atoms with Gasteiger partial charge in [-0.05, 0) is 44.4 Å². The third kappa shape index (κ3) is 4.39. The predicted molar refractivity (Wildman–Crippen MR) is 98.3 cm³/mol. The van der Waals surface area contributed by atoms with Crippen molar-refractivity contribution >= 4 is 22.0 Å². The van der Waals surface area contributed by atoms with Crippen LogP contribution >= 0.6 is 15.9 Å². The van der Waals surface area contributed by atoms with Crippen LogP contribution in [0.2, 0.25) is 0 Å². The number of nitrogens with zero attached hydrogens (tertiary/aromatic N) is 1. The van der Waals surface area contributed by atoms with Gasteiger partial charge in [0.15, 0.2) is 11.5 Å². The Hall–Kier alpha value is -1.47. The Morgan fingerprint density at radius 2 is 2.04 bits per heavy atom. The molecule has 1 saturated heterocycles. The van der Waals surface area contributed by atoms with Crippen molar-refractivity contribution < 1.29 is 19.0 Å². The number of carbonyl (C=O) groups excluding carboxylic acids is 1. The molecule has 138 valence electrons. The third-order valence-electron chi connectivity index (χ3n) is 4.58. The Labute approximate surface area is 156 Å². The molecule has 0 saturated carbocycles. The van der Waals surface area contributed by atoms with E-state index in [0.717, 1.165) is 41.0 Å². The summed E-state index contributed by atoms with van der Waals surface area (Å²) >= 11 is 3.57. The fourth-order valence-corrected chi connectivity index (χ4v) is 3.82. The first-order valence-electron chi connectivity index (χ1n) is 8.84. The van der Waals surface area contributed by atoms with Gasteiger partial charge in [0.05, 0.1) is 12.1 Å². The van der Waals surface area contributed by atoms with Crippen LogP contribution in [0.1, 0.15) is 38.3 Å². The van der Waals surface area contributed by atoms with Crippen molar-refractivity contribution in [3.8, 4) is 11.5 Å². The second kappa shape index (κ2) is 8.27. The number of hydrogen-bond donors (Lipinski definition) is 1. The summed E-state index contributed by atoms with van der Waals surface area (Å²) in [5.41, 5.74) is 0.964. The summed E-state index contributed by atoms with van der Waals surface area (Å²) in [5, 5.41) is 3.07. The summed E-state index contributed by atoms with van der Waals surface area (Å²) < 4.78 is 17.8. The summed E-state index contributed by atoms with van der Waals surface area (Å²) in [6.45, 7) is 7.13. The van der Waals surface area contributed by atoms with E-state index in [9.17, 15) is 4.79 Å². The van der Waals surface area contributed by atoms with Crippen molar-refractivity contribution in [1.82, 2.24) is 10.2 Å². The molecule has 1 aromatic rings. The third-order valence-corrected chi connectivity index (χ3v) is 5.27. The van der Waals surface area contributed by atoms with Gasteiger partial charge in [-0.2, -0.15) is 0 Å². The van der Waals surface area contributed by atoms with Crippen molar-refractivity contribution in [2.75, 3.05) is 32.9 Å². The Kier molecular flexibility index (Phi) is 6.06. The molecule has 7 heteroatoms. The average Bonchev–Trinajstić information content (AvgIpc) is 3.12. The quantitative estimate of drug-likeness (QED) is 0.803. The topological polar surface area (TPSA) is 60.0 Å². The van der Waals surface area contributed by atoms with Gasteiger partial charge in [0, 0.05) is 24.2 Å². The molecule has 2 aliphatic rings. The van der Waals surface area contributed by atoms with Crippen LogP contribution in [0.3, 0.4) is 0 Å². The van der Waals surface area contributed by atoms with Crippen molar-refractivity contribution in [3.05, 3.63) is 22.2 Å². The monoisotopic (exact) mass is 412 g/mol. The molecule has 0 spiro atoms. The normalized spacial score (nSPS) is 20.2. The summed E-state index contributed by atoms with van der Waals surface area (Å²) in [6.07, 6.45) is 2.25. The minimum absolute atomic E-state index is 0.0766. The molecular weight excluding hydrogens is 388 g/mol. The predicted octanol–water partition coefficient (Wildman–Crippen LogP) is 3.49. The van der Waals surface area contributed by atoms with Crippen molar-refractivity contribution in [1.29, 1.82) is 0 Å². The van der Waals surface area contributed by atoms with Crippen molar-refractivity contribution in [2.24, 2.45) is 0 Å². The molecule has 1 fully saturated rings. The van der Waals surface area contributed by atoms with E-state index in [-0.39, 0.29) is 18.2 Å². The number of benzene rings is 1. The lowest BCUT2D eigenvalue weighted by atomic mass is 10.1. The SMILES string of the molecule is CCN(CC1CCCO1)C(=O)NC(C)c1cc2c(cc1Br)OCCO2. The summed E-state index contributed by atoms with van der Waals surface area (Å²) in [4.78, 5) is 14.4. The molecular formula is C18H25BrN2O4. The number of fused-ring (bicyclic) bond motifs is 1. The Morgan fingerprint density at radius 3 is 2.68 bits per heavy atom. The number of rotatable bonds is 5. The first kappa shape index (κ1) is 18.3. The van der Waals surface area contributed by atoms with E-state index in [1.165, 1.54) is 0 Å². The maximum Gasteiger partial charge on any atom is 0.317 e. The van der Waals surface area contributed by atoms with Gasteiger partial charge in [0.1, 0.15) is 13.2 Å². The maximum absolute atomic E-state index is 12.6. The minimum atomic E-state index is -0.156. The number of ether oxygens (including phenoxy) is 3. The molecule has 0 aromatic heterocycles. The highest BCUT2D eigenvalue weighted by Gasteiger charge is 2.24. The maximum atomic E-state index is 12.6. The van der Waals surface area contributed by atoms with Crippen molar-refractivity contribution in [3.63, 3.8) is 0 Å². The molecule has 2 atom stereocenters. The van der Waals surface area contributed by atoms with Crippen LogP contribution < -0.4 is 14.8 Å². The number of hydrogen-bond acceptors (Lipinski definition) is 4.